The van der Waals surface area contributed by atoms with E-state index in [-0.39, 0.29) is 6.10 Å². The molecule has 0 N–H and O–H groups in total. The molecular weight excluding hydrogens is 300 g/mol. The van der Waals surface area contributed by atoms with E-state index in [0.29, 0.717) is 12.5 Å². The van der Waals surface area contributed by atoms with Gasteiger partial charge in [0.2, 0.25) is 0 Å². The first-order valence-corrected chi connectivity index (χ1v) is 7.70. The number of halogens is 1. The van der Waals surface area contributed by atoms with Crippen molar-refractivity contribution in [1.29, 1.82) is 0 Å². The first kappa shape index (κ1) is 14.3. The van der Waals surface area contributed by atoms with E-state index in [4.69, 9.17) is 4.74 Å². The fourth-order valence-corrected chi connectivity index (χ4v) is 3.00. The van der Waals surface area contributed by atoms with Gasteiger partial charge in [0.05, 0.1) is 12.7 Å². The van der Waals surface area contributed by atoms with Gasteiger partial charge in [0.1, 0.15) is 0 Å². The molecule has 0 fully saturated rings. The monoisotopic (exact) mass is 318 g/mol. The Labute approximate surface area is 123 Å². The van der Waals surface area contributed by atoms with Crippen molar-refractivity contribution < 1.29 is 4.74 Å². The normalized spacial score (nSPS) is 14.0. The molecular formula is C17H19BrO. The van der Waals surface area contributed by atoms with Crippen LogP contribution < -0.4 is 0 Å². The molecule has 2 aromatic carbocycles. The van der Waals surface area contributed by atoms with Crippen LogP contribution in [0, 0.1) is 0 Å². The van der Waals surface area contributed by atoms with Crippen molar-refractivity contribution in [3.8, 4) is 0 Å². The minimum Gasteiger partial charge on any atom is -0.373 e. The van der Waals surface area contributed by atoms with Gasteiger partial charge in [-0.3, -0.25) is 0 Å². The summed E-state index contributed by atoms with van der Waals surface area (Å²) >= 11 is 3.60. The van der Waals surface area contributed by atoms with E-state index < -0.39 is 0 Å². The molecule has 0 aliphatic rings. The molecule has 0 radical (unpaired) electrons. The van der Waals surface area contributed by atoms with E-state index in [2.05, 4.69) is 59.3 Å². The molecule has 0 aromatic heterocycles. The second-order valence-corrected chi connectivity index (χ2v) is 5.32. The maximum atomic E-state index is 6.01. The van der Waals surface area contributed by atoms with E-state index in [1.54, 1.807) is 0 Å². The third-order valence-corrected chi connectivity index (χ3v) is 4.01. The zero-order valence-electron chi connectivity index (χ0n) is 11.1. The summed E-state index contributed by atoms with van der Waals surface area (Å²) in [5.41, 5.74) is 2.54. The Morgan fingerprint density at radius 1 is 0.947 bits per heavy atom. The van der Waals surface area contributed by atoms with Gasteiger partial charge in [-0.1, -0.05) is 76.6 Å². The lowest BCUT2D eigenvalue weighted by atomic mass is 9.96. The molecule has 2 atom stereocenters. The van der Waals surface area contributed by atoms with Gasteiger partial charge in [0.25, 0.3) is 0 Å². The Bertz CT molecular complexity index is 469. The first-order chi connectivity index (χ1) is 9.31. The van der Waals surface area contributed by atoms with Gasteiger partial charge in [-0.2, -0.15) is 0 Å². The van der Waals surface area contributed by atoms with Crippen LogP contribution in [0.15, 0.2) is 60.7 Å². The van der Waals surface area contributed by atoms with Crippen LogP contribution in [-0.2, 0) is 11.3 Å². The maximum Gasteiger partial charge on any atom is 0.0720 e. The van der Waals surface area contributed by atoms with Gasteiger partial charge in [-0.05, 0) is 18.1 Å². The van der Waals surface area contributed by atoms with Gasteiger partial charge >= 0.3 is 0 Å². The van der Waals surface area contributed by atoms with Crippen LogP contribution in [0.4, 0.5) is 0 Å². The number of hydrogen-bond donors (Lipinski definition) is 0. The van der Waals surface area contributed by atoms with E-state index in [1.165, 1.54) is 11.1 Å². The summed E-state index contributed by atoms with van der Waals surface area (Å²) in [5, 5.41) is 0.910. The summed E-state index contributed by atoms with van der Waals surface area (Å²) in [6.07, 6.45) is 0.182. The number of benzene rings is 2. The van der Waals surface area contributed by atoms with Crippen LogP contribution in [0.5, 0.6) is 0 Å². The fourth-order valence-electron chi connectivity index (χ4n) is 2.10. The van der Waals surface area contributed by atoms with Crippen LogP contribution in [0.3, 0.4) is 0 Å². The van der Waals surface area contributed by atoms with Crippen molar-refractivity contribution in [3.05, 3.63) is 71.8 Å². The smallest absolute Gasteiger partial charge is 0.0720 e. The Morgan fingerprint density at radius 3 is 2.11 bits per heavy atom. The molecule has 0 amide bonds. The fraction of sp³-hybridized carbons (Fsp3) is 0.294. The van der Waals surface area contributed by atoms with Crippen molar-refractivity contribution in [3.63, 3.8) is 0 Å². The summed E-state index contributed by atoms with van der Waals surface area (Å²) in [7, 11) is 0. The third-order valence-electron chi connectivity index (χ3n) is 3.32. The zero-order valence-corrected chi connectivity index (χ0v) is 12.7. The highest BCUT2D eigenvalue weighted by Crippen LogP contribution is 2.24. The molecule has 2 aromatic rings. The number of hydrogen-bond acceptors (Lipinski definition) is 1. The van der Waals surface area contributed by atoms with E-state index in [9.17, 15) is 0 Å². The SMILES string of the molecule is CC(OCc1ccccc1)C(CBr)c1ccccc1. The molecule has 0 aliphatic carbocycles. The Balaban J connectivity index is 1.96. The maximum absolute atomic E-state index is 6.01. The van der Waals surface area contributed by atoms with Crippen molar-refractivity contribution in [1.82, 2.24) is 0 Å². The Hall–Kier alpha value is -1.12. The lowest BCUT2D eigenvalue weighted by molar-refractivity contribution is 0.0395. The Morgan fingerprint density at radius 2 is 1.53 bits per heavy atom. The summed E-state index contributed by atoms with van der Waals surface area (Å²) in [6.45, 7) is 2.81. The molecule has 0 spiro atoms. The number of rotatable bonds is 6. The predicted molar refractivity (Wildman–Crippen MR) is 83.7 cm³/mol. The highest BCUT2D eigenvalue weighted by atomic mass is 79.9. The molecule has 0 saturated heterocycles. The molecule has 0 bridgehead atoms. The molecule has 1 nitrogen and oxygen atoms in total. The summed E-state index contributed by atoms with van der Waals surface area (Å²) in [4.78, 5) is 0. The quantitative estimate of drug-likeness (QED) is 0.697. The molecule has 2 rings (SSSR count). The second-order valence-electron chi connectivity index (χ2n) is 4.67. The lowest BCUT2D eigenvalue weighted by Crippen LogP contribution is -2.20. The van der Waals surface area contributed by atoms with Crippen LogP contribution >= 0.6 is 15.9 Å². The average Bonchev–Trinajstić information content (AvgIpc) is 2.48. The minimum atomic E-state index is 0.182. The van der Waals surface area contributed by atoms with E-state index >= 15 is 0 Å². The highest BCUT2D eigenvalue weighted by Gasteiger charge is 2.18. The standard InChI is InChI=1S/C17H19BrO/c1-14(19-13-15-8-4-2-5-9-15)17(12-18)16-10-6-3-7-11-16/h2-11,14,17H,12-13H2,1H3. The van der Waals surface area contributed by atoms with Gasteiger partial charge in [-0.15, -0.1) is 0 Å². The van der Waals surface area contributed by atoms with Crippen LogP contribution in [0.1, 0.15) is 24.0 Å². The summed E-state index contributed by atoms with van der Waals surface area (Å²) in [6, 6.07) is 20.8. The van der Waals surface area contributed by atoms with Crippen molar-refractivity contribution >= 4 is 15.9 Å². The van der Waals surface area contributed by atoms with Crippen molar-refractivity contribution in [2.75, 3.05) is 5.33 Å². The van der Waals surface area contributed by atoms with Gasteiger partial charge in [0, 0.05) is 11.2 Å². The molecule has 100 valence electrons. The van der Waals surface area contributed by atoms with Crippen LogP contribution in [0.2, 0.25) is 0 Å². The largest absolute Gasteiger partial charge is 0.373 e. The van der Waals surface area contributed by atoms with Crippen molar-refractivity contribution in [2.24, 2.45) is 0 Å². The third kappa shape index (κ3) is 4.19. The summed E-state index contributed by atoms with van der Waals surface area (Å²) < 4.78 is 6.01. The second kappa shape index (κ2) is 7.46. The topological polar surface area (TPSA) is 9.23 Å². The van der Waals surface area contributed by atoms with Crippen LogP contribution in [-0.4, -0.2) is 11.4 Å². The lowest BCUT2D eigenvalue weighted by Gasteiger charge is -2.23. The summed E-state index contributed by atoms with van der Waals surface area (Å²) in [5.74, 6) is 0.380. The van der Waals surface area contributed by atoms with Gasteiger partial charge < -0.3 is 4.74 Å². The molecule has 0 saturated carbocycles. The van der Waals surface area contributed by atoms with E-state index in [0.717, 1.165) is 5.33 Å². The molecule has 19 heavy (non-hydrogen) atoms. The van der Waals surface area contributed by atoms with Gasteiger partial charge in [0.15, 0.2) is 0 Å². The molecule has 0 heterocycles. The van der Waals surface area contributed by atoms with Crippen LogP contribution in [0.25, 0.3) is 0 Å². The first-order valence-electron chi connectivity index (χ1n) is 6.57. The molecule has 2 unspecified atom stereocenters. The zero-order chi connectivity index (χ0) is 13.5. The Kier molecular flexibility index (Phi) is 5.62. The molecule has 0 aliphatic heterocycles. The number of ether oxygens (including phenoxy) is 1. The highest BCUT2D eigenvalue weighted by molar-refractivity contribution is 9.09. The van der Waals surface area contributed by atoms with Crippen molar-refractivity contribution in [2.45, 2.75) is 25.6 Å². The average molecular weight is 319 g/mol. The van der Waals surface area contributed by atoms with Gasteiger partial charge in [-0.25, -0.2) is 0 Å². The predicted octanol–water partition coefficient (Wildman–Crippen LogP) is 4.77. The number of alkyl halides is 1. The molecule has 2 heteroatoms. The van der Waals surface area contributed by atoms with E-state index in [1.807, 2.05) is 24.3 Å². The minimum absolute atomic E-state index is 0.182.